The number of benzene rings is 1. The van der Waals surface area contributed by atoms with E-state index < -0.39 is 0 Å². The first-order chi connectivity index (χ1) is 9.40. The van der Waals surface area contributed by atoms with Crippen LogP contribution < -0.4 is 5.32 Å². The molecule has 0 aliphatic carbocycles. The summed E-state index contributed by atoms with van der Waals surface area (Å²) >= 11 is 3.69. The van der Waals surface area contributed by atoms with E-state index in [0.29, 0.717) is 5.41 Å². The standard InChI is InChI=1S/C17H26BrNO/c1-16(2,3)19-13-17(8-10-20-11-9-17)12-14-6-4-5-7-15(14)18/h4-7,19H,8-13H2,1-3H3. The van der Waals surface area contributed by atoms with Gasteiger partial charge in [0.15, 0.2) is 0 Å². The highest BCUT2D eigenvalue weighted by Gasteiger charge is 2.34. The Hall–Kier alpha value is -0.380. The number of ether oxygens (including phenoxy) is 1. The topological polar surface area (TPSA) is 21.3 Å². The van der Waals surface area contributed by atoms with Crippen molar-refractivity contribution in [3.63, 3.8) is 0 Å². The summed E-state index contributed by atoms with van der Waals surface area (Å²) in [6, 6.07) is 8.58. The molecule has 2 nitrogen and oxygen atoms in total. The average Bonchev–Trinajstić information content (AvgIpc) is 2.40. The monoisotopic (exact) mass is 339 g/mol. The highest BCUT2D eigenvalue weighted by atomic mass is 79.9. The molecule has 0 saturated carbocycles. The first kappa shape index (κ1) is 16.0. The van der Waals surface area contributed by atoms with E-state index in [1.54, 1.807) is 0 Å². The highest BCUT2D eigenvalue weighted by molar-refractivity contribution is 9.10. The van der Waals surface area contributed by atoms with Gasteiger partial charge in [-0.3, -0.25) is 0 Å². The fourth-order valence-electron chi connectivity index (χ4n) is 2.72. The van der Waals surface area contributed by atoms with Gasteiger partial charge < -0.3 is 10.1 Å². The van der Waals surface area contributed by atoms with Gasteiger partial charge in [0.25, 0.3) is 0 Å². The molecule has 2 rings (SSSR count). The minimum absolute atomic E-state index is 0.166. The largest absolute Gasteiger partial charge is 0.381 e. The first-order valence-corrected chi connectivity index (χ1v) is 8.26. The maximum atomic E-state index is 5.59. The number of halogens is 1. The van der Waals surface area contributed by atoms with Gasteiger partial charge in [-0.25, -0.2) is 0 Å². The summed E-state index contributed by atoms with van der Waals surface area (Å²) in [4.78, 5) is 0. The highest BCUT2D eigenvalue weighted by Crippen LogP contribution is 2.36. The van der Waals surface area contributed by atoms with Crippen LogP contribution in [0.4, 0.5) is 0 Å². The number of nitrogens with one attached hydrogen (secondary N) is 1. The van der Waals surface area contributed by atoms with Crippen LogP contribution in [0.5, 0.6) is 0 Å². The molecule has 1 saturated heterocycles. The quantitative estimate of drug-likeness (QED) is 0.888. The molecule has 1 heterocycles. The van der Waals surface area contributed by atoms with Crippen molar-refractivity contribution in [3.8, 4) is 0 Å². The predicted molar refractivity (Wildman–Crippen MR) is 88.1 cm³/mol. The van der Waals surface area contributed by atoms with E-state index in [0.717, 1.165) is 39.0 Å². The van der Waals surface area contributed by atoms with E-state index in [4.69, 9.17) is 4.74 Å². The summed E-state index contributed by atoms with van der Waals surface area (Å²) in [6.07, 6.45) is 3.38. The Morgan fingerprint density at radius 2 is 1.85 bits per heavy atom. The summed E-state index contributed by atoms with van der Waals surface area (Å²) in [7, 11) is 0. The zero-order chi connectivity index (χ0) is 14.6. The molecule has 20 heavy (non-hydrogen) atoms. The normalized spacial score (nSPS) is 19.0. The third-order valence-corrected chi connectivity index (χ3v) is 4.84. The van der Waals surface area contributed by atoms with Crippen LogP contribution in [0.25, 0.3) is 0 Å². The second kappa shape index (κ2) is 6.59. The molecule has 0 amide bonds. The molecule has 1 aliphatic rings. The number of hydrogen-bond acceptors (Lipinski definition) is 2. The van der Waals surface area contributed by atoms with Crippen LogP contribution in [0.1, 0.15) is 39.2 Å². The fourth-order valence-corrected chi connectivity index (χ4v) is 3.14. The van der Waals surface area contributed by atoms with Gasteiger partial charge in [-0.1, -0.05) is 34.1 Å². The minimum atomic E-state index is 0.166. The van der Waals surface area contributed by atoms with E-state index in [9.17, 15) is 0 Å². The molecule has 0 aromatic heterocycles. The van der Waals surface area contributed by atoms with Crippen LogP contribution in [0.15, 0.2) is 28.7 Å². The molecule has 1 aromatic carbocycles. The lowest BCUT2D eigenvalue weighted by Gasteiger charge is -2.40. The van der Waals surface area contributed by atoms with Crippen LogP contribution in [0.3, 0.4) is 0 Å². The number of hydrogen-bond donors (Lipinski definition) is 1. The van der Waals surface area contributed by atoms with Gasteiger partial charge in [0.05, 0.1) is 0 Å². The van der Waals surface area contributed by atoms with E-state index in [1.165, 1.54) is 10.0 Å². The van der Waals surface area contributed by atoms with Crippen LogP contribution in [-0.4, -0.2) is 25.3 Å². The molecule has 112 valence electrons. The molecule has 0 radical (unpaired) electrons. The molecular formula is C17H26BrNO. The average molecular weight is 340 g/mol. The third kappa shape index (κ3) is 4.57. The molecule has 0 bridgehead atoms. The molecule has 1 aliphatic heterocycles. The maximum absolute atomic E-state index is 5.59. The molecule has 0 unspecified atom stereocenters. The molecule has 3 heteroatoms. The van der Waals surface area contributed by atoms with E-state index in [2.05, 4.69) is 66.3 Å². The zero-order valence-corrected chi connectivity index (χ0v) is 14.4. The van der Waals surface area contributed by atoms with Gasteiger partial charge in [0.1, 0.15) is 0 Å². The molecular weight excluding hydrogens is 314 g/mol. The fraction of sp³-hybridized carbons (Fsp3) is 0.647. The smallest absolute Gasteiger partial charge is 0.0471 e. The molecule has 1 N–H and O–H groups in total. The lowest BCUT2D eigenvalue weighted by atomic mass is 9.74. The third-order valence-electron chi connectivity index (χ3n) is 4.07. The Morgan fingerprint density at radius 3 is 2.45 bits per heavy atom. The first-order valence-electron chi connectivity index (χ1n) is 7.47. The zero-order valence-electron chi connectivity index (χ0n) is 12.8. The number of rotatable bonds is 4. The van der Waals surface area contributed by atoms with Gasteiger partial charge >= 0.3 is 0 Å². The molecule has 0 atom stereocenters. The van der Waals surface area contributed by atoms with Gasteiger partial charge in [-0.05, 0) is 57.1 Å². The van der Waals surface area contributed by atoms with E-state index >= 15 is 0 Å². The maximum Gasteiger partial charge on any atom is 0.0471 e. The minimum Gasteiger partial charge on any atom is -0.381 e. The second-order valence-corrected chi connectivity index (χ2v) is 7.84. The van der Waals surface area contributed by atoms with Crippen molar-refractivity contribution >= 4 is 15.9 Å². The van der Waals surface area contributed by atoms with Gasteiger partial charge in [-0.2, -0.15) is 0 Å². The Balaban J connectivity index is 2.12. The Bertz CT molecular complexity index is 433. The van der Waals surface area contributed by atoms with Gasteiger partial charge in [-0.15, -0.1) is 0 Å². The van der Waals surface area contributed by atoms with Crippen molar-refractivity contribution in [1.82, 2.24) is 5.32 Å². The van der Waals surface area contributed by atoms with Gasteiger partial charge in [0.2, 0.25) is 0 Å². The van der Waals surface area contributed by atoms with Crippen molar-refractivity contribution in [2.45, 2.75) is 45.6 Å². The summed E-state index contributed by atoms with van der Waals surface area (Å²) < 4.78 is 6.81. The Kier molecular flexibility index (Phi) is 5.27. The Morgan fingerprint density at radius 1 is 1.20 bits per heavy atom. The second-order valence-electron chi connectivity index (χ2n) is 6.98. The lowest BCUT2D eigenvalue weighted by Crippen LogP contribution is -2.47. The van der Waals surface area contributed by atoms with Crippen molar-refractivity contribution < 1.29 is 4.74 Å². The van der Waals surface area contributed by atoms with Crippen LogP contribution >= 0.6 is 15.9 Å². The van der Waals surface area contributed by atoms with Crippen molar-refractivity contribution in [2.24, 2.45) is 5.41 Å². The van der Waals surface area contributed by atoms with Crippen LogP contribution in [-0.2, 0) is 11.2 Å². The summed E-state index contributed by atoms with van der Waals surface area (Å²) in [5.41, 5.74) is 1.89. The predicted octanol–water partition coefficient (Wildman–Crippen LogP) is 4.18. The van der Waals surface area contributed by atoms with E-state index in [1.807, 2.05) is 0 Å². The van der Waals surface area contributed by atoms with E-state index in [-0.39, 0.29) is 5.54 Å². The summed E-state index contributed by atoms with van der Waals surface area (Å²) in [6.45, 7) is 9.53. The molecule has 1 fully saturated rings. The SMILES string of the molecule is CC(C)(C)NCC1(Cc2ccccc2Br)CCOCC1. The van der Waals surface area contributed by atoms with Crippen molar-refractivity contribution in [1.29, 1.82) is 0 Å². The van der Waals surface area contributed by atoms with Crippen LogP contribution in [0, 0.1) is 5.41 Å². The molecule has 0 spiro atoms. The van der Waals surface area contributed by atoms with Crippen molar-refractivity contribution in [2.75, 3.05) is 19.8 Å². The summed E-state index contributed by atoms with van der Waals surface area (Å²) in [5.74, 6) is 0. The van der Waals surface area contributed by atoms with Crippen LogP contribution in [0.2, 0.25) is 0 Å². The molecule has 1 aromatic rings. The van der Waals surface area contributed by atoms with Crippen molar-refractivity contribution in [3.05, 3.63) is 34.3 Å². The Labute approximate surface area is 131 Å². The summed E-state index contributed by atoms with van der Waals surface area (Å²) in [5, 5.41) is 3.70. The van der Waals surface area contributed by atoms with Gasteiger partial charge in [0, 0.05) is 29.8 Å². The lowest BCUT2D eigenvalue weighted by molar-refractivity contribution is 0.0120.